The number of aromatic nitrogens is 2. The molecule has 1 aliphatic heterocycles. The predicted molar refractivity (Wildman–Crippen MR) is 123 cm³/mol. The number of halogens is 3. The number of allylic oxidation sites excluding steroid dienone is 5. The van der Waals surface area contributed by atoms with Crippen LogP contribution in [0.2, 0.25) is 0 Å². The van der Waals surface area contributed by atoms with E-state index in [1.54, 1.807) is 18.2 Å². The molecule has 0 aliphatic carbocycles. The summed E-state index contributed by atoms with van der Waals surface area (Å²) in [5.74, 6) is -0.144. The van der Waals surface area contributed by atoms with Crippen molar-refractivity contribution in [3.63, 3.8) is 0 Å². The normalized spacial score (nSPS) is 15.3. The van der Waals surface area contributed by atoms with E-state index in [1.165, 1.54) is 6.07 Å². The van der Waals surface area contributed by atoms with Gasteiger partial charge in [-0.2, -0.15) is 13.2 Å². The topological polar surface area (TPSA) is 98.1 Å². The molecule has 1 saturated heterocycles. The molecule has 33 heavy (non-hydrogen) atoms. The zero-order valence-corrected chi connectivity index (χ0v) is 18.5. The number of hydrogen-bond donors (Lipinski definition) is 3. The van der Waals surface area contributed by atoms with Crippen LogP contribution in [0.15, 0.2) is 64.4 Å². The molecule has 0 radical (unpaired) electrons. The third kappa shape index (κ3) is 8.13. The zero-order valence-electron chi connectivity index (χ0n) is 18.5. The van der Waals surface area contributed by atoms with Crippen LogP contribution in [0.1, 0.15) is 26.7 Å². The van der Waals surface area contributed by atoms with E-state index in [9.17, 15) is 27.6 Å². The first-order valence-corrected chi connectivity index (χ1v) is 10.3. The number of nitrogens with one attached hydrogen (secondary N) is 3. The van der Waals surface area contributed by atoms with Gasteiger partial charge in [-0.3, -0.25) is 24.6 Å². The number of nitrogens with zero attached hydrogens (tertiary/aromatic N) is 1. The van der Waals surface area contributed by atoms with Crippen molar-refractivity contribution in [1.29, 1.82) is 0 Å². The van der Waals surface area contributed by atoms with E-state index in [-0.39, 0.29) is 29.7 Å². The smallest absolute Gasteiger partial charge is 0.375 e. The molecule has 0 bridgehead atoms. The van der Waals surface area contributed by atoms with Crippen molar-refractivity contribution in [3.05, 3.63) is 75.5 Å². The summed E-state index contributed by atoms with van der Waals surface area (Å²) in [6, 6.07) is 4.73. The molecule has 0 atom stereocenters. The molecular weight excluding hydrogens is 437 g/mol. The maximum absolute atomic E-state index is 12.6. The Morgan fingerprint density at radius 1 is 1.12 bits per heavy atom. The Hall–Kier alpha value is -3.56. The molecule has 7 nitrogen and oxygen atoms in total. The number of hydrogen-bond acceptors (Lipinski definition) is 4. The summed E-state index contributed by atoms with van der Waals surface area (Å²) in [5.41, 5.74) is 0.913. The van der Waals surface area contributed by atoms with Gasteiger partial charge in [0.1, 0.15) is 0 Å². The molecule has 178 valence electrons. The summed E-state index contributed by atoms with van der Waals surface area (Å²) in [6.45, 7) is 7.52. The largest absolute Gasteiger partial charge is 0.386 e. The number of likely N-dealkylation sites (tertiary alicyclic amines) is 1. The Morgan fingerprint density at radius 3 is 2.27 bits per heavy atom. The van der Waals surface area contributed by atoms with E-state index < -0.39 is 11.7 Å². The summed E-state index contributed by atoms with van der Waals surface area (Å²) in [5, 5.41) is 8.00. The van der Waals surface area contributed by atoms with Crippen LogP contribution < -0.4 is 16.4 Å². The highest BCUT2D eigenvalue weighted by molar-refractivity contribution is 5.95. The van der Waals surface area contributed by atoms with Crippen LogP contribution in [-0.2, 0) is 4.79 Å². The number of carbonyl (C=O) groups excluding carboxylic acids is 1. The van der Waals surface area contributed by atoms with Gasteiger partial charge in [0, 0.05) is 37.3 Å². The van der Waals surface area contributed by atoms with Gasteiger partial charge in [0.05, 0.1) is 10.8 Å². The van der Waals surface area contributed by atoms with Crippen LogP contribution in [0.5, 0.6) is 0 Å². The Kier molecular flexibility index (Phi) is 8.84. The van der Waals surface area contributed by atoms with Crippen LogP contribution in [0.4, 0.5) is 18.9 Å². The minimum Gasteiger partial charge on any atom is -0.375 e. The zero-order chi connectivity index (χ0) is 24.6. The molecule has 0 spiro atoms. The summed E-state index contributed by atoms with van der Waals surface area (Å²) in [4.78, 5) is 38.5. The maximum Gasteiger partial charge on any atom is 0.386 e. The first-order valence-electron chi connectivity index (χ1n) is 10.3. The molecule has 3 rings (SSSR count). The third-order valence-electron chi connectivity index (χ3n) is 5.02. The Bertz CT molecular complexity index is 1150. The van der Waals surface area contributed by atoms with Gasteiger partial charge in [-0.1, -0.05) is 24.8 Å². The van der Waals surface area contributed by atoms with Crippen molar-refractivity contribution < 1.29 is 18.0 Å². The van der Waals surface area contributed by atoms with Gasteiger partial charge in [-0.15, -0.1) is 0 Å². The average molecular weight is 464 g/mol. The Labute approximate surface area is 188 Å². The molecule has 1 amide bonds. The molecule has 1 aliphatic rings. The molecule has 2 aromatic rings. The number of carbonyl (C=O) groups is 1. The second-order valence-corrected chi connectivity index (χ2v) is 7.63. The van der Waals surface area contributed by atoms with Crippen molar-refractivity contribution in [2.24, 2.45) is 5.92 Å². The van der Waals surface area contributed by atoms with Gasteiger partial charge < -0.3 is 10.2 Å². The fraction of sp³-hybridized carbons (Fsp3) is 0.348. The molecule has 2 heterocycles. The number of alkyl halides is 3. The second-order valence-electron chi connectivity index (χ2n) is 7.63. The van der Waals surface area contributed by atoms with Gasteiger partial charge in [0.2, 0.25) is 5.91 Å². The van der Waals surface area contributed by atoms with Crippen molar-refractivity contribution in [3.8, 4) is 0 Å². The van der Waals surface area contributed by atoms with E-state index in [2.05, 4.69) is 33.9 Å². The molecule has 10 heteroatoms. The number of aromatic amines is 2. The fourth-order valence-corrected chi connectivity index (χ4v) is 3.37. The van der Waals surface area contributed by atoms with E-state index in [4.69, 9.17) is 0 Å². The SMILES string of the molecule is C=C/C=C\C=C(/C)N1CCC(C(=O)Nc2ccc3c(=O)[nH][nH]c(=O)c3c2)CC1.CC(F)(F)F. The van der Waals surface area contributed by atoms with Crippen LogP contribution in [0.3, 0.4) is 0 Å². The Balaban J connectivity index is 0.000000696. The fourth-order valence-electron chi connectivity index (χ4n) is 3.37. The molecule has 1 aromatic carbocycles. The minimum absolute atomic E-state index is 0.0616. The van der Waals surface area contributed by atoms with Gasteiger partial charge in [-0.05, 0) is 44.0 Å². The lowest BCUT2D eigenvalue weighted by Gasteiger charge is -2.33. The second kappa shape index (κ2) is 11.3. The van der Waals surface area contributed by atoms with Crippen molar-refractivity contribution in [2.45, 2.75) is 32.9 Å². The maximum atomic E-state index is 12.6. The molecule has 1 fully saturated rings. The van der Waals surface area contributed by atoms with Crippen molar-refractivity contribution >= 4 is 22.4 Å². The number of rotatable bonds is 5. The monoisotopic (exact) mass is 464 g/mol. The molecular formula is C23H27F3N4O3. The number of anilines is 1. The highest BCUT2D eigenvalue weighted by Gasteiger charge is 2.25. The highest BCUT2D eigenvalue weighted by Crippen LogP contribution is 2.22. The number of fused-ring (bicyclic) bond motifs is 1. The third-order valence-corrected chi connectivity index (χ3v) is 5.02. The van der Waals surface area contributed by atoms with Gasteiger partial charge in [0.25, 0.3) is 11.1 Å². The van der Waals surface area contributed by atoms with Crippen molar-refractivity contribution in [2.75, 3.05) is 18.4 Å². The number of amides is 1. The summed E-state index contributed by atoms with van der Waals surface area (Å²) in [6.07, 6.45) is 5.12. The molecule has 3 N–H and O–H groups in total. The highest BCUT2D eigenvalue weighted by atomic mass is 19.4. The van der Waals surface area contributed by atoms with Crippen LogP contribution in [0, 0.1) is 5.92 Å². The number of piperidine rings is 1. The quantitative estimate of drug-likeness (QED) is 0.581. The van der Waals surface area contributed by atoms with Crippen LogP contribution >= 0.6 is 0 Å². The lowest BCUT2D eigenvalue weighted by molar-refractivity contribution is -0.121. The van der Waals surface area contributed by atoms with E-state index in [0.29, 0.717) is 11.1 Å². The molecule has 0 unspecified atom stereocenters. The van der Waals surface area contributed by atoms with Gasteiger partial charge in [0.15, 0.2) is 0 Å². The van der Waals surface area contributed by atoms with Gasteiger partial charge in [-0.25, -0.2) is 0 Å². The van der Waals surface area contributed by atoms with Crippen LogP contribution in [0.25, 0.3) is 10.8 Å². The standard InChI is InChI=1S/C21H24N4O3.C2H3F3/c1-3-4-5-6-14(2)25-11-9-15(10-12-25)19(26)22-16-7-8-17-18(13-16)21(28)24-23-20(17)27;1-2(3,4)5/h3-8,13,15H,1,9-12H2,2H3,(H,22,26)(H,23,27)(H,24,28);1H3/b5-4-,14-6+;. The summed E-state index contributed by atoms with van der Waals surface area (Å²) < 4.78 is 31.1. The molecule has 0 saturated carbocycles. The first kappa shape index (κ1) is 25.7. The number of benzene rings is 1. The Morgan fingerprint density at radius 2 is 1.70 bits per heavy atom. The summed E-state index contributed by atoms with van der Waals surface area (Å²) in [7, 11) is 0. The van der Waals surface area contributed by atoms with Crippen LogP contribution in [-0.4, -0.2) is 40.3 Å². The van der Waals surface area contributed by atoms with E-state index in [1.807, 2.05) is 18.2 Å². The number of H-pyrrole nitrogens is 2. The predicted octanol–water partition coefficient (Wildman–Crippen LogP) is 4.08. The average Bonchev–Trinajstić information content (AvgIpc) is 2.75. The van der Waals surface area contributed by atoms with Gasteiger partial charge >= 0.3 is 6.18 Å². The first-order chi connectivity index (χ1) is 15.5. The lowest BCUT2D eigenvalue weighted by Crippen LogP contribution is -2.37. The minimum atomic E-state index is -4.00. The van der Waals surface area contributed by atoms with E-state index in [0.717, 1.165) is 31.6 Å². The van der Waals surface area contributed by atoms with E-state index >= 15 is 0 Å². The lowest BCUT2D eigenvalue weighted by atomic mass is 9.95. The molecule has 1 aromatic heterocycles. The van der Waals surface area contributed by atoms with Crippen molar-refractivity contribution in [1.82, 2.24) is 15.1 Å². The summed E-state index contributed by atoms with van der Waals surface area (Å²) >= 11 is 0.